The van der Waals surface area contributed by atoms with Crippen molar-refractivity contribution < 1.29 is 8.42 Å². The molecule has 94 valence electrons. The summed E-state index contributed by atoms with van der Waals surface area (Å²) in [6.07, 6.45) is 1.78. The lowest BCUT2D eigenvalue weighted by Gasteiger charge is -2.32. The van der Waals surface area contributed by atoms with Crippen molar-refractivity contribution in [2.45, 2.75) is 36.1 Å². The van der Waals surface area contributed by atoms with Crippen molar-refractivity contribution in [2.75, 3.05) is 11.1 Å². The van der Waals surface area contributed by atoms with Crippen LogP contribution in [0.3, 0.4) is 0 Å². The summed E-state index contributed by atoms with van der Waals surface area (Å²) < 4.78 is 23.8. The zero-order chi connectivity index (χ0) is 12.5. The number of hydrogen-bond donors (Lipinski definition) is 1. The van der Waals surface area contributed by atoms with Crippen LogP contribution in [-0.2, 0) is 9.84 Å². The molecule has 0 aliphatic heterocycles. The predicted molar refractivity (Wildman–Crippen MR) is 70.5 cm³/mol. The van der Waals surface area contributed by atoms with E-state index in [1.54, 1.807) is 19.1 Å². The van der Waals surface area contributed by atoms with E-state index < -0.39 is 9.84 Å². The van der Waals surface area contributed by atoms with Crippen LogP contribution in [-0.4, -0.2) is 25.6 Å². The molecule has 1 fully saturated rings. The largest absolute Gasteiger partial charge is 0.381 e. The molecule has 0 radical (unpaired) electrons. The summed E-state index contributed by atoms with van der Waals surface area (Å²) in [6, 6.07) is 7.35. The van der Waals surface area contributed by atoms with Gasteiger partial charge in [-0.2, -0.15) is 0 Å². The molecule has 0 saturated heterocycles. The van der Waals surface area contributed by atoms with Gasteiger partial charge >= 0.3 is 0 Å². The normalized spacial score (nSPS) is 24.1. The van der Waals surface area contributed by atoms with Crippen LogP contribution in [0.5, 0.6) is 0 Å². The average molecular weight is 274 g/mol. The Labute approximate surface area is 107 Å². The van der Waals surface area contributed by atoms with Gasteiger partial charge in [0.2, 0.25) is 0 Å². The molecule has 1 aromatic carbocycles. The second kappa shape index (κ2) is 4.86. The number of nitrogens with one attached hydrogen (secondary N) is 1. The molecule has 1 aliphatic carbocycles. The van der Waals surface area contributed by atoms with Crippen LogP contribution in [0.25, 0.3) is 0 Å². The van der Waals surface area contributed by atoms with Crippen molar-refractivity contribution in [3.05, 3.63) is 24.3 Å². The standard InChI is InChI=1S/C12H16ClNO2S/c1-2-17(15,16)12-6-4-3-5-11(12)14-10-7-9(13)8-10/h3-6,9-10,14H,2,7-8H2,1H3. The second-order valence-corrected chi connectivity index (χ2v) is 7.17. The highest BCUT2D eigenvalue weighted by molar-refractivity contribution is 7.91. The lowest BCUT2D eigenvalue weighted by atomic mass is 9.92. The quantitative estimate of drug-likeness (QED) is 0.858. The molecule has 1 aliphatic rings. The minimum Gasteiger partial charge on any atom is -0.381 e. The van der Waals surface area contributed by atoms with Crippen molar-refractivity contribution >= 4 is 27.1 Å². The van der Waals surface area contributed by atoms with Crippen LogP contribution < -0.4 is 5.32 Å². The van der Waals surface area contributed by atoms with E-state index in [1.165, 1.54) is 0 Å². The van der Waals surface area contributed by atoms with Gasteiger partial charge in [0.1, 0.15) is 0 Å². The average Bonchev–Trinajstić information content (AvgIpc) is 2.27. The van der Waals surface area contributed by atoms with Gasteiger partial charge < -0.3 is 5.32 Å². The van der Waals surface area contributed by atoms with Crippen LogP contribution in [0.2, 0.25) is 0 Å². The monoisotopic (exact) mass is 273 g/mol. The summed E-state index contributed by atoms with van der Waals surface area (Å²) in [5, 5.41) is 3.48. The Bertz CT molecular complexity index is 495. The Hall–Kier alpha value is -0.740. The summed E-state index contributed by atoms with van der Waals surface area (Å²) >= 11 is 5.91. The van der Waals surface area contributed by atoms with Crippen LogP contribution >= 0.6 is 11.6 Å². The number of anilines is 1. The Morgan fingerprint density at radius 1 is 1.35 bits per heavy atom. The summed E-state index contributed by atoms with van der Waals surface area (Å²) in [6.45, 7) is 1.66. The molecule has 3 nitrogen and oxygen atoms in total. The van der Waals surface area contributed by atoms with Gasteiger partial charge in [-0.05, 0) is 25.0 Å². The van der Waals surface area contributed by atoms with E-state index in [-0.39, 0.29) is 11.1 Å². The van der Waals surface area contributed by atoms with Crippen molar-refractivity contribution in [3.8, 4) is 0 Å². The second-order valence-electron chi connectivity index (χ2n) is 4.31. The highest BCUT2D eigenvalue weighted by Crippen LogP contribution is 2.31. The Kier molecular flexibility index (Phi) is 3.64. The third-order valence-electron chi connectivity index (χ3n) is 3.04. The minimum absolute atomic E-state index is 0.120. The molecular weight excluding hydrogens is 258 g/mol. The summed E-state index contributed by atoms with van der Waals surface area (Å²) in [5.74, 6) is 0.120. The van der Waals surface area contributed by atoms with Gasteiger partial charge in [0.25, 0.3) is 0 Å². The van der Waals surface area contributed by atoms with Gasteiger partial charge in [-0.3, -0.25) is 0 Å². The molecule has 5 heteroatoms. The molecule has 1 saturated carbocycles. The third-order valence-corrected chi connectivity index (χ3v) is 5.18. The highest BCUT2D eigenvalue weighted by Gasteiger charge is 2.28. The van der Waals surface area contributed by atoms with E-state index in [4.69, 9.17) is 11.6 Å². The van der Waals surface area contributed by atoms with Crippen molar-refractivity contribution in [2.24, 2.45) is 0 Å². The lowest BCUT2D eigenvalue weighted by molar-refractivity contribution is 0.454. The number of alkyl halides is 1. The van der Waals surface area contributed by atoms with Crippen molar-refractivity contribution in [1.29, 1.82) is 0 Å². The SMILES string of the molecule is CCS(=O)(=O)c1ccccc1NC1CC(Cl)C1. The van der Waals surface area contributed by atoms with Crippen LogP contribution in [0, 0.1) is 0 Å². The third kappa shape index (κ3) is 2.75. The molecule has 0 spiro atoms. The fourth-order valence-electron chi connectivity index (χ4n) is 1.90. The maximum absolute atomic E-state index is 11.9. The fraction of sp³-hybridized carbons (Fsp3) is 0.500. The first-order valence-corrected chi connectivity index (χ1v) is 7.84. The van der Waals surface area contributed by atoms with Gasteiger partial charge in [-0.15, -0.1) is 11.6 Å². The number of halogens is 1. The molecule has 0 unspecified atom stereocenters. The molecule has 0 aromatic heterocycles. The first-order chi connectivity index (χ1) is 8.03. The van der Waals surface area contributed by atoms with E-state index >= 15 is 0 Å². The van der Waals surface area contributed by atoms with Crippen molar-refractivity contribution in [1.82, 2.24) is 0 Å². The number of sulfone groups is 1. The number of hydrogen-bond acceptors (Lipinski definition) is 3. The summed E-state index contributed by atoms with van der Waals surface area (Å²) in [4.78, 5) is 0.389. The van der Waals surface area contributed by atoms with Gasteiger partial charge in [0.15, 0.2) is 9.84 Å². The van der Waals surface area contributed by atoms with Gasteiger partial charge in [-0.25, -0.2) is 8.42 Å². The van der Waals surface area contributed by atoms with E-state index in [9.17, 15) is 8.42 Å². The molecule has 17 heavy (non-hydrogen) atoms. The van der Waals surface area contributed by atoms with Gasteiger partial charge in [-0.1, -0.05) is 19.1 Å². The maximum Gasteiger partial charge on any atom is 0.180 e. The molecule has 0 amide bonds. The van der Waals surface area contributed by atoms with Crippen LogP contribution in [0.1, 0.15) is 19.8 Å². The molecule has 1 N–H and O–H groups in total. The maximum atomic E-state index is 11.9. The molecule has 1 aromatic rings. The lowest BCUT2D eigenvalue weighted by Crippen LogP contribution is -2.36. The Morgan fingerprint density at radius 3 is 2.59 bits per heavy atom. The van der Waals surface area contributed by atoms with E-state index in [0.29, 0.717) is 16.6 Å². The van der Waals surface area contributed by atoms with Gasteiger partial charge in [0.05, 0.1) is 16.3 Å². The first kappa shape index (κ1) is 12.7. The molecule has 0 heterocycles. The van der Waals surface area contributed by atoms with E-state index in [1.807, 2.05) is 12.1 Å². The van der Waals surface area contributed by atoms with Crippen LogP contribution in [0.4, 0.5) is 5.69 Å². The zero-order valence-corrected chi connectivity index (χ0v) is 11.3. The highest BCUT2D eigenvalue weighted by atomic mass is 35.5. The predicted octanol–water partition coefficient (Wildman–Crippen LogP) is 2.66. The first-order valence-electron chi connectivity index (χ1n) is 5.75. The summed E-state index contributed by atoms with van der Waals surface area (Å²) in [7, 11) is -3.17. The zero-order valence-electron chi connectivity index (χ0n) is 9.69. The molecule has 2 rings (SSSR count). The Morgan fingerprint density at radius 2 is 2.00 bits per heavy atom. The fourth-order valence-corrected chi connectivity index (χ4v) is 3.39. The van der Waals surface area contributed by atoms with Crippen molar-refractivity contribution in [3.63, 3.8) is 0 Å². The molecule has 0 atom stereocenters. The number of para-hydroxylation sites is 1. The van der Waals surface area contributed by atoms with Gasteiger partial charge in [0, 0.05) is 11.4 Å². The summed E-state index contributed by atoms with van der Waals surface area (Å²) in [5.41, 5.74) is 0.697. The topological polar surface area (TPSA) is 46.2 Å². The van der Waals surface area contributed by atoms with E-state index in [0.717, 1.165) is 12.8 Å². The number of benzene rings is 1. The number of rotatable bonds is 4. The van der Waals surface area contributed by atoms with Crippen LogP contribution in [0.15, 0.2) is 29.2 Å². The minimum atomic E-state index is -3.17. The Balaban J connectivity index is 2.22. The smallest absolute Gasteiger partial charge is 0.180 e. The van der Waals surface area contributed by atoms with E-state index in [2.05, 4.69) is 5.32 Å². The molecule has 0 bridgehead atoms. The molecular formula is C12H16ClNO2S.